The normalized spacial score (nSPS) is 18.4. The van der Waals surface area contributed by atoms with Crippen LogP contribution in [-0.4, -0.2) is 27.8 Å². The highest BCUT2D eigenvalue weighted by Crippen LogP contribution is 2.27. The van der Waals surface area contributed by atoms with Crippen LogP contribution in [0.15, 0.2) is 35.1 Å². The van der Waals surface area contributed by atoms with Gasteiger partial charge in [-0.05, 0) is 18.9 Å². The van der Waals surface area contributed by atoms with E-state index in [0.29, 0.717) is 17.9 Å². The van der Waals surface area contributed by atoms with Gasteiger partial charge in [0.25, 0.3) is 0 Å². The van der Waals surface area contributed by atoms with E-state index in [1.54, 1.807) is 11.0 Å². The largest absolute Gasteiger partial charge is 0.364 e. The maximum Gasteiger partial charge on any atom is 0.236 e. The topological polar surface area (TPSA) is 46.3 Å². The van der Waals surface area contributed by atoms with Crippen molar-refractivity contribution in [1.82, 2.24) is 10.1 Å². The summed E-state index contributed by atoms with van der Waals surface area (Å²) in [5, 5.41) is 3.66. The Bertz CT molecular complexity index is 679. The summed E-state index contributed by atoms with van der Waals surface area (Å²) in [4.78, 5) is 14.2. The van der Waals surface area contributed by atoms with E-state index in [-0.39, 0.29) is 17.7 Å². The van der Waals surface area contributed by atoms with Crippen LogP contribution < -0.4 is 0 Å². The molecule has 0 N–H and O–H groups in total. The Morgan fingerprint density at radius 1 is 1.35 bits per heavy atom. The van der Waals surface area contributed by atoms with Crippen molar-refractivity contribution in [3.63, 3.8) is 0 Å². The molecule has 1 saturated heterocycles. The minimum absolute atomic E-state index is 0.00605. The molecule has 0 aliphatic carbocycles. The van der Waals surface area contributed by atoms with Crippen molar-refractivity contribution in [2.24, 2.45) is 0 Å². The Labute approximate surface area is 136 Å². The molecule has 1 atom stereocenters. The van der Waals surface area contributed by atoms with Gasteiger partial charge in [0.1, 0.15) is 17.9 Å². The fourth-order valence-corrected chi connectivity index (χ4v) is 3.72. The van der Waals surface area contributed by atoms with Crippen molar-refractivity contribution in [3.05, 3.63) is 53.4 Å². The molecule has 4 nitrogen and oxygen atoms in total. The van der Waals surface area contributed by atoms with E-state index in [2.05, 4.69) is 5.16 Å². The van der Waals surface area contributed by atoms with Gasteiger partial charge in [-0.15, -0.1) is 11.8 Å². The maximum atomic E-state index is 13.8. The van der Waals surface area contributed by atoms with E-state index in [4.69, 9.17) is 4.52 Å². The van der Waals surface area contributed by atoms with Crippen LogP contribution in [0.25, 0.3) is 0 Å². The summed E-state index contributed by atoms with van der Waals surface area (Å²) < 4.78 is 31.5. The number of thioether (sulfide) groups is 1. The lowest BCUT2D eigenvalue weighted by molar-refractivity contribution is -0.133. The van der Waals surface area contributed by atoms with Gasteiger partial charge in [0.2, 0.25) is 5.91 Å². The Hall–Kier alpha value is -1.89. The third-order valence-corrected chi connectivity index (χ3v) is 5.08. The Balaban J connectivity index is 1.62. The quantitative estimate of drug-likeness (QED) is 0.838. The summed E-state index contributed by atoms with van der Waals surface area (Å²) in [6.07, 6.45) is 3.16. The SMILES string of the molecule is O=C1C(SCc2ccon2)CCCN1Cc1ccc(F)cc1F. The zero-order valence-corrected chi connectivity index (χ0v) is 13.2. The number of halogens is 2. The molecule has 0 radical (unpaired) electrons. The number of benzene rings is 1. The second kappa shape index (κ2) is 7.12. The number of hydrogen-bond donors (Lipinski definition) is 0. The van der Waals surface area contributed by atoms with Crippen LogP contribution in [0.3, 0.4) is 0 Å². The lowest BCUT2D eigenvalue weighted by atomic mass is 10.1. The summed E-state index contributed by atoms with van der Waals surface area (Å²) in [7, 11) is 0. The number of likely N-dealkylation sites (tertiary alicyclic amines) is 1. The van der Waals surface area contributed by atoms with Crippen LogP contribution in [-0.2, 0) is 17.1 Å². The maximum absolute atomic E-state index is 13.8. The van der Waals surface area contributed by atoms with Crippen LogP contribution in [0, 0.1) is 11.6 Å². The first kappa shape index (κ1) is 16.0. The van der Waals surface area contributed by atoms with E-state index >= 15 is 0 Å². The summed E-state index contributed by atoms with van der Waals surface area (Å²) in [5.41, 5.74) is 1.13. The fraction of sp³-hybridized carbons (Fsp3) is 0.375. The average molecular weight is 338 g/mol. The molecule has 0 bridgehead atoms. The number of carbonyl (C=O) groups excluding carboxylic acids is 1. The van der Waals surface area contributed by atoms with Gasteiger partial charge in [0, 0.05) is 36.5 Å². The molecule has 23 heavy (non-hydrogen) atoms. The Kier molecular flexibility index (Phi) is 4.95. The van der Waals surface area contributed by atoms with Crippen LogP contribution in [0.1, 0.15) is 24.1 Å². The third-order valence-electron chi connectivity index (χ3n) is 3.78. The summed E-state index contributed by atoms with van der Waals surface area (Å²) in [6.45, 7) is 0.767. The first-order chi connectivity index (χ1) is 11.1. The minimum atomic E-state index is -0.616. The van der Waals surface area contributed by atoms with Crippen molar-refractivity contribution in [2.75, 3.05) is 6.54 Å². The van der Waals surface area contributed by atoms with Crippen molar-refractivity contribution in [2.45, 2.75) is 30.4 Å². The molecule has 1 amide bonds. The zero-order valence-electron chi connectivity index (χ0n) is 12.4. The van der Waals surface area contributed by atoms with E-state index < -0.39 is 11.6 Å². The first-order valence-electron chi connectivity index (χ1n) is 7.37. The van der Waals surface area contributed by atoms with Crippen molar-refractivity contribution >= 4 is 17.7 Å². The molecule has 7 heteroatoms. The van der Waals surface area contributed by atoms with Gasteiger partial charge in [-0.25, -0.2) is 8.78 Å². The van der Waals surface area contributed by atoms with Crippen molar-refractivity contribution < 1.29 is 18.1 Å². The molecule has 1 unspecified atom stereocenters. The number of hydrogen-bond acceptors (Lipinski definition) is 4. The minimum Gasteiger partial charge on any atom is -0.364 e. The number of rotatable bonds is 5. The summed E-state index contributed by atoms with van der Waals surface area (Å²) >= 11 is 1.52. The summed E-state index contributed by atoms with van der Waals surface area (Å²) in [6, 6.07) is 5.22. The molecule has 0 spiro atoms. The lowest BCUT2D eigenvalue weighted by Gasteiger charge is -2.32. The third kappa shape index (κ3) is 3.90. The van der Waals surface area contributed by atoms with Crippen molar-refractivity contribution in [3.8, 4) is 0 Å². The highest BCUT2D eigenvalue weighted by Gasteiger charge is 2.29. The molecule has 1 aliphatic rings. The molecule has 1 aromatic heterocycles. The van der Waals surface area contributed by atoms with Gasteiger partial charge < -0.3 is 9.42 Å². The second-order valence-corrected chi connectivity index (χ2v) is 6.62. The molecule has 1 aliphatic heterocycles. The van der Waals surface area contributed by atoms with Gasteiger partial charge >= 0.3 is 0 Å². The standard InChI is InChI=1S/C16H16F2N2O2S/c17-12-4-3-11(14(18)8-12)9-20-6-1-2-15(16(20)21)23-10-13-5-7-22-19-13/h3-5,7-8,15H,1-2,6,9-10H2. The number of piperidine rings is 1. The fourth-order valence-electron chi connectivity index (χ4n) is 2.57. The van der Waals surface area contributed by atoms with Crippen LogP contribution in [0.4, 0.5) is 8.78 Å². The predicted molar refractivity (Wildman–Crippen MR) is 82.6 cm³/mol. The van der Waals surface area contributed by atoms with Gasteiger partial charge in [-0.3, -0.25) is 4.79 Å². The monoisotopic (exact) mass is 338 g/mol. The highest BCUT2D eigenvalue weighted by atomic mass is 32.2. The second-order valence-electron chi connectivity index (χ2n) is 5.43. The van der Waals surface area contributed by atoms with Crippen LogP contribution in [0.5, 0.6) is 0 Å². The lowest BCUT2D eigenvalue weighted by Crippen LogP contribution is -2.42. The molecule has 0 saturated carbocycles. The van der Waals surface area contributed by atoms with Crippen LogP contribution in [0.2, 0.25) is 0 Å². The van der Waals surface area contributed by atoms with Crippen LogP contribution >= 0.6 is 11.8 Å². The van der Waals surface area contributed by atoms with Gasteiger partial charge in [-0.2, -0.15) is 0 Å². The highest BCUT2D eigenvalue weighted by molar-refractivity contribution is 7.99. The molecule has 1 fully saturated rings. The molecule has 2 heterocycles. The number of amides is 1. The van der Waals surface area contributed by atoms with Crippen molar-refractivity contribution in [1.29, 1.82) is 0 Å². The average Bonchev–Trinajstić information content (AvgIpc) is 3.04. The molecular weight excluding hydrogens is 322 g/mol. The summed E-state index contributed by atoms with van der Waals surface area (Å²) in [5.74, 6) is -0.632. The Morgan fingerprint density at radius 2 is 2.22 bits per heavy atom. The smallest absolute Gasteiger partial charge is 0.236 e. The van der Waals surface area contributed by atoms with Gasteiger partial charge in [0.15, 0.2) is 0 Å². The predicted octanol–water partition coefficient (Wildman–Crippen LogP) is 3.38. The number of aromatic nitrogens is 1. The van der Waals surface area contributed by atoms with E-state index in [1.807, 2.05) is 0 Å². The molecule has 122 valence electrons. The van der Waals surface area contributed by atoms with Gasteiger partial charge in [0.05, 0.1) is 10.9 Å². The molecular formula is C16H16F2N2O2S. The molecule has 3 rings (SSSR count). The van der Waals surface area contributed by atoms with E-state index in [1.165, 1.54) is 30.2 Å². The first-order valence-corrected chi connectivity index (χ1v) is 8.42. The molecule has 2 aromatic rings. The zero-order chi connectivity index (χ0) is 16.2. The molecule has 1 aromatic carbocycles. The van der Waals surface area contributed by atoms with E-state index in [0.717, 1.165) is 24.6 Å². The Morgan fingerprint density at radius 3 is 2.96 bits per heavy atom. The number of carbonyl (C=O) groups is 1. The van der Waals surface area contributed by atoms with Gasteiger partial charge in [-0.1, -0.05) is 11.2 Å². The number of nitrogens with zero attached hydrogens (tertiary/aromatic N) is 2. The van der Waals surface area contributed by atoms with E-state index in [9.17, 15) is 13.6 Å².